The number of hydrogen-bond acceptors (Lipinski definition) is 30. The van der Waals surface area contributed by atoms with Gasteiger partial charge in [-0.25, -0.2) is 92.9 Å². The third kappa shape index (κ3) is 14.3. The quantitative estimate of drug-likeness (QED) is 0.0705. The van der Waals surface area contributed by atoms with Gasteiger partial charge in [-0.3, -0.25) is 5.10 Å². The van der Waals surface area contributed by atoms with Gasteiger partial charge in [0, 0.05) is 109 Å². The fourth-order valence-corrected chi connectivity index (χ4v) is 14.6. The third-order valence-corrected chi connectivity index (χ3v) is 20.7. The molecule has 0 radical (unpaired) electrons. The van der Waals surface area contributed by atoms with Crippen LogP contribution in [0.5, 0.6) is 11.5 Å². The molecule has 38 nitrogen and oxygen atoms in total. The SMILES string of the molecule is Cc1[nH]nc2ccc(-c3nn(C)c4ncnc(N)c34)cc12.Cc1nc2ccc(-c3nn(C)c4ncnc(N)c34)cc2[nH]1.Cn1nc(-c2cc(O)ccc2Cl)c2c(N)ncnc21.Cn1nc(-c2ccc(Cl)c(O)c2)c2c(N)ncnc21.Cn1nc(-c2ccc3cc[nH]c3c2)c2c(N)ncnc21.Cn1nc(-c2csc(CO)c2)c2c(N)ncnc21. The van der Waals surface area contributed by atoms with Crippen LogP contribution in [0, 0.1) is 13.8 Å². The van der Waals surface area contributed by atoms with E-state index in [1.165, 1.54) is 72.9 Å². The first kappa shape index (κ1) is 76.5. The molecular formula is C77H69Cl2N35O3S. The summed E-state index contributed by atoms with van der Waals surface area (Å²) in [7, 11) is 10.9. The molecule has 0 saturated carbocycles. The predicted octanol–water partition coefficient (Wildman–Crippen LogP) is 10.8. The second kappa shape index (κ2) is 31.1. The highest BCUT2D eigenvalue weighted by molar-refractivity contribution is 7.10. The Labute approximate surface area is 678 Å². The molecule has 590 valence electrons. The van der Waals surface area contributed by atoms with Crippen LogP contribution in [-0.2, 0) is 48.9 Å². The number of fused-ring (bicyclic) bond motifs is 9. The fraction of sp³-hybridized carbons (Fsp3) is 0.117. The van der Waals surface area contributed by atoms with E-state index in [9.17, 15) is 10.2 Å². The number of rotatable bonds is 7. The fourth-order valence-electron chi connectivity index (χ4n) is 13.6. The summed E-state index contributed by atoms with van der Waals surface area (Å²) < 4.78 is 10.1. The number of nitrogens with two attached hydrogens (primary N) is 6. The Morgan fingerprint density at radius 3 is 1.25 bits per heavy atom. The van der Waals surface area contributed by atoms with Gasteiger partial charge in [0.2, 0.25) is 0 Å². The number of thiophene rings is 1. The largest absolute Gasteiger partial charge is 0.508 e. The number of nitrogen functional groups attached to an aromatic ring is 6. The molecule has 21 aromatic rings. The van der Waals surface area contributed by atoms with Crippen molar-refractivity contribution in [2.75, 3.05) is 34.4 Å². The lowest BCUT2D eigenvalue weighted by Crippen LogP contribution is -1.95. The van der Waals surface area contributed by atoms with Gasteiger partial charge in [0.25, 0.3) is 0 Å². The van der Waals surface area contributed by atoms with E-state index in [0.717, 1.165) is 127 Å². The number of aryl methyl sites for hydroxylation is 8. The molecule has 5 aromatic carbocycles. The van der Waals surface area contributed by atoms with Crippen molar-refractivity contribution in [1.82, 2.24) is 144 Å². The summed E-state index contributed by atoms with van der Waals surface area (Å²) in [4.78, 5) is 61.1. The van der Waals surface area contributed by atoms with Crippen molar-refractivity contribution >= 4 is 168 Å². The molecule has 16 heterocycles. The van der Waals surface area contributed by atoms with Gasteiger partial charge >= 0.3 is 0 Å². The number of nitrogens with zero attached hydrogens (tertiary/aromatic N) is 26. The second-order valence-corrected chi connectivity index (χ2v) is 28.6. The van der Waals surface area contributed by atoms with Crippen LogP contribution in [0.1, 0.15) is 16.4 Å². The minimum atomic E-state index is -0.00612. The minimum absolute atomic E-state index is 0.00612. The Morgan fingerprint density at radius 1 is 0.407 bits per heavy atom. The molecule has 16 aromatic heterocycles. The topological polar surface area (TPSA) is 552 Å². The third-order valence-electron chi connectivity index (χ3n) is 19.1. The zero-order chi connectivity index (χ0) is 82.6. The van der Waals surface area contributed by atoms with Crippen LogP contribution in [-0.4, -0.2) is 159 Å². The van der Waals surface area contributed by atoms with Crippen molar-refractivity contribution in [2.45, 2.75) is 20.5 Å². The number of phenols is 2. The molecule has 0 aliphatic carbocycles. The van der Waals surface area contributed by atoms with E-state index in [0.29, 0.717) is 90.2 Å². The first-order chi connectivity index (χ1) is 56.9. The Hall–Kier alpha value is -15.5. The lowest BCUT2D eigenvalue weighted by Gasteiger charge is -2.03. The van der Waals surface area contributed by atoms with E-state index >= 15 is 0 Å². The maximum absolute atomic E-state index is 9.68. The lowest BCUT2D eigenvalue weighted by molar-refractivity contribution is 0.285. The first-order valence-corrected chi connectivity index (χ1v) is 37.3. The summed E-state index contributed by atoms with van der Waals surface area (Å²) in [5.41, 5.74) is 54.1. The molecule has 18 N–H and O–H groups in total. The molecule has 0 unspecified atom stereocenters. The summed E-state index contributed by atoms with van der Waals surface area (Å²) in [6.07, 6.45) is 10.5. The van der Waals surface area contributed by atoms with Crippen LogP contribution in [0.4, 0.5) is 34.9 Å². The van der Waals surface area contributed by atoms with Crippen LogP contribution >= 0.6 is 34.5 Å². The van der Waals surface area contributed by atoms with Gasteiger partial charge in [-0.15, -0.1) is 11.3 Å². The maximum atomic E-state index is 9.68. The highest BCUT2D eigenvalue weighted by Gasteiger charge is 2.24. The van der Waals surface area contributed by atoms with Crippen molar-refractivity contribution in [3.63, 3.8) is 0 Å². The Bertz CT molecular complexity index is 7430. The Morgan fingerprint density at radius 2 is 0.797 bits per heavy atom. The number of phenolic OH excluding ortho intramolecular Hbond substituents is 2. The number of imidazole rings is 1. The molecule has 21 rings (SSSR count). The molecule has 0 amide bonds. The van der Waals surface area contributed by atoms with Gasteiger partial charge in [-0.2, -0.15) is 35.7 Å². The molecule has 0 bridgehead atoms. The van der Waals surface area contributed by atoms with Gasteiger partial charge in [0.05, 0.1) is 65.5 Å². The number of benzene rings is 5. The van der Waals surface area contributed by atoms with Crippen molar-refractivity contribution in [3.8, 4) is 79.0 Å². The molecule has 118 heavy (non-hydrogen) atoms. The second-order valence-electron chi connectivity index (χ2n) is 26.8. The van der Waals surface area contributed by atoms with E-state index < -0.39 is 0 Å². The minimum Gasteiger partial charge on any atom is -0.508 e. The number of anilines is 6. The van der Waals surface area contributed by atoms with Crippen LogP contribution in [0.3, 0.4) is 0 Å². The average molecular weight is 1640 g/mol. The van der Waals surface area contributed by atoms with Crippen molar-refractivity contribution in [2.24, 2.45) is 42.3 Å². The number of nitrogens with one attached hydrogen (secondary N) is 3. The van der Waals surface area contributed by atoms with Crippen molar-refractivity contribution < 1.29 is 15.3 Å². The van der Waals surface area contributed by atoms with Gasteiger partial charge in [-0.1, -0.05) is 53.5 Å². The zero-order valence-electron chi connectivity index (χ0n) is 63.7. The molecule has 0 aliphatic heterocycles. The number of aromatic nitrogens is 29. The van der Waals surface area contributed by atoms with Crippen LogP contribution in [0.15, 0.2) is 153 Å². The van der Waals surface area contributed by atoms with Gasteiger partial charge in [0.1, 0.15) is 124 Å². The number of halogens is 2. The summed E-state index contributed by atoms with van der Waals surface area (Å²) in [5, 5.41) is 71.7. The van der Waals surface area contributed by atoms with E-state index in [-0.39, 0.29) is 23.1 Å². The zero-order valence-corrected chi connectivity index (χ0v) is 66.1. The standard InChI is InChI=1S/2C14H13N7.C14H12N6.2C12H10ClN5O.C11H11N5OS/c1-7-9-5-8(3-4-10(9)19-18-7)12-11-13(15)16-6-17-14(11)21(2)20-12;1-7-18-9-4-3-8(5-10(9)19-7)12-11-13(15)16-6-17-14(11)21(2)20-12;1-20-14-11(13(15)17-7-18-14)12(19-20)9-3-2-8-4-5-16-10(8)6-9;1-18-12-9(11(14)15-5-16-12)10(17-18)7-4-6(19)2-3-8(7)13;1-18-12-9(11(14)15-5-16-12)10(17-18)6-2-3-7(13)8(19)4-6;1-16-11-8(10(12)13-5-14-11)9(15-16)6-2-7(3-17)18-4-6/h2*3-6H,1-2H3,(H,18,19)(H2,15,16,17);2-7,16H,1H3,(H2,15,17,18);2*2-5,19H,1H3,(H2,14,15,16);2,4-5,17H,3H2,1H3,(H2,12,13,14). The average Bonchev–Trinajstić information content (AvgIpc) is 1.64. The first-order valence-electron chi connectivity index (χ1n) is 35.6. The maximum Gasteiger partial charge on any atom is 0.163 e. The van der Waals surface area contributed by atoms with Crippen molar-refractivity contribution in [1.29, 1.82) is 0 Å². The molecule has 0 spiro atoms. The molecular weight excluding hydrogens is 1570 g/mol. The Kier molecular flexibility index (Phi) is 20.2. The predicted molar refractivity (Wildman–Crippen MR) is 455 cm³/mol. The van der Waals surface area contributed by atoms with Crippen molar-refractivity contribution in [3.05, 3.63) is 179 Å². The van der Waals surface area contributed by atoms with Crippen LogP contribution < -0.4 is 34.4 Å². The highest BCUT2D eigenvalue weighted by atomic mass is 35.5. The van der Waals surface area contributed by atoms with E-state index in [1.54, 1.807) is 60.4 Å². The summed E-state index contributed by atoms with van der Waals surface area (Å²) in [5.74, 6) is 3.40. The van der Waals surface area contributed by atoms with Gasteiger partial charge < -0.3 is 59.7 Å². The van der Waals surface area contributed by atoms with E-state index in [2.05, 4.69) is 134 Å². The number of aliphatic hydroxyl groups is 1. The number of H-pyrrole nitrogens is 3. The Balaban J connectivity index is 0.000000106. The molecule has 0 fully saturated rings. The highest BCUT2D eigenvalue weighted by Crippen LogP contribution is 2.40. The van der Waals surface area contributed by atoms with Gasteiger partial charge in [-0.05, 0) is 92.0 Å². The number of aromatic amines is 3. The summed E-state index contributed by atoms with van der Waals surface area (Å²) >= 11 is 13.4. The summed E-state index contributed by atoms with van der Waals surface area (Å²) in [6, 6.07) is 31.6. The molecule has 0 saturated heterocycles. The van der Waals surface area contributed by atoms with E-state index in [1.807, 2.05) is 102 Å². The monoisotopic (exact) mass is 1630 g/mol. The van der Waals surface area contributed by atoms with E-state index in [4.69, 9.17) is 62.7 Å². The molecule has 0 atom stereocenters. The molecule has 41 heteroatoms. The number of aliphatic hydroxyl groups excluding tert-OH is 1. The smallest absolute Gasteiger partial charge is 0.163 e. The molecule has 0 aliphatic rings. The number of hydrogen-bond donors (Lipinski definition) is 12. The van der Waals surface area contributed by atoms with Crippen LogP contribution in [0.25, 0.3) is 167 Å². The lowest BCUT2D eigenvalue weighted by atomic mass is 10.1. The van der Waals surface area contributed by atoms with Crippen LogP contribution in [0.2, 0.25) is 10.0 Å². The normalized spacial score (nSPS) is 11.3. The van der Waals surface area contributed by atoms with Gasteiger partial charge in [0.15, 0.2) is 33.9 Å². The number of aromatic hydroxyl groups is 2. The summed E-state index contributed by atoms with van der Waals surface area (Å²) in [6.45, 7) is 3.95.